The summed E-state index contributed by atoms with van der Waals surface area (Å²) in [4.78, 5) is 40.2. The van der Waals surface area contributed by atoms with Gasteiger partial charge in [0.25, 0.3) is 0 Å². The number of ether oxygens (including phenoxy) is 4. The first-order valence-electron chi connectivity index (χ1n) is 12.2. The first kappa shape index (κ1) is 27.1. The van der Waals surface area contributed by atoms with E-state index in [0.717, 1.165) is 0 Å². The van der Waals surface area contributed by atoms with E-state index in [-0.39, 0.29) is 30.2 Å². The molecule has 200 valence electrons. The van der Waals surface area contributed by atoms with E-state index in [0.29, 0.717) is 39.6 Å². The van der Waals surface area contributed by atoms with Crippen molar-refractivity contribution in [1.82, 2.24) is 9.78 Å². The van der Waals surface area contributed by atoms with Gasteiger partial charge >= 0.3 is 5.97 Å². The predicted octanol–water partition coefficient (Wildman–Crippen LogP) is 4.87. The van der Waals surface area contributed by atoms with E-state index in [1.54, 1.807) is 93.9 Å². The summed E-state index contributed by atoms with van der Waals surface area (Å²) >= 11 is 0. The van der Waals surface area contributed by atoms with Crippen molar-refractivity contribution in [2.75, 3.05) is 27.9 Å². The summed E-state index contributed by atoms with van der Waals surface area (Å²) in [6, 6.07) is 20.1. The second-order valence-corrected chi connectivity index (χ2v) is 8.39. The molecule has 0 aliphatic carbocycles. The van der Waals surface area contributed by atoms with Crippen LogP contribution in [0.2, 0.25) is 0 Å². The highest BCUT2D eigenvalue weighted by atomic mass is 16.5. The smallest absolute Gasteiger partial charge is 0.359 e. The Hall–Kier alpha value is -4.92. The second-order valence-electron chi connectivity index (χ2n) is 8.39. The van der Waals surface area contributed by atoms with E-state index in [1.807, 2.05) is 0 Å². The Morgan fingerprint density at radius 3 is 1.69 bits per heavy atom. The highest BCUT2D eigenvalue weighted by molar-refractivity contribution is 6.17. The lowest BCUT2D eigenvalue weighted by molar-refractivity contribution is 0.0515. The minimum Gasteiger partial charge on any atom is -0.497 e. The fraction of sp³-hybridized carbons (Fsp3) is 0.200. The van der Waals surface area contributed by atoms with Crippen molar-refractivity contribution in [2.45, 2.75) is 13.5 Å². The summed E-state index contributed by atoms with van der Waals surface area (Å²) in [5.74, 6) is 0.311. The highest BCUT2D eigenvalue weighted by Gasteiger charge is 2.31. The average Bonchev–Trinajstić information content (AvgIpc) is 3.36. The first-order chi connectivity index (χ1) is 18.9. The molecule has 0 spiro atoms. The number of aromatic nitrogens is 2. The van der Waals surface area contributed by atoms with Gasteiger partial charge < -0.3 is 18.9 Å². The molecule has 9 nitrogen and oxygen atoms in total. The van der Waals surface area contributed by atoms with Gasteiger partial charge in [-0.15, -0.1) is 0 Å². The molecule has 39 heavy (non-hydrogen) atoms. The van der Waals surface area contributed by atoms with Crippen molar-refractivity contribution in [3.8, 4) is 28.5 Å². The molecule has 4 rings (SSSR count). The van der Waals surface area contributed by atoms with Crippen molar-refractivity contribution in [1.29, 1.82) is 0 Å². The number of benzene rings is 3. The van der Waals surface area contributed by atoms with Crippen molar-refractivity contribution in [3.05, 3.63) is 95.2 Å². The lowest BCUT2D eigenvalue weighted by atomic mass is 9.97. The Balaban J connectivity index is 1.89. The topological polar surface area (TPSA) is 106 Å². The molecule has 1 heterocycles. The lowest BCUT2D eigenvalue weighted by Gasteiger charge is -2.11. The number of ketones is 2. The van der Waals surface area contributed by atoms with Gasteiger partial charge in [-0.1, -0.05) is 0 Å². The van der Waals surface area contributed by atoms with Crippen LogP contribution in [0.25, 0.3) is 11.3 Å². The molecule has 0 aliphatic rings. The van der Waals surface area contributed by atoms with Crippen LogP contribution in [0.1, 0.15) is 43.7 Å². The monoisotopic (exact) mass is 528 g/mol. The van der Waals surface area contributed by atoms with E-state index in [4.69, 9.17) is 18.9 Å². The van der Waals surface area contributed by atoms with Crippen molar-refractivity contribution < 1.29 is 33.3 Å². The highest BCUT2D eigenvalue weighted by Crippen LogP contribution is 2.31. The Bertz CT molecular complexity index is 1470. The van der Waals surface area contributed by atoms with E-state index < -0.39 is 11.8 Å². The second kappa shape index (κ2) is 12.1. The average molecular weight is 529 g/mol. The number of hydrogen-bond donors (Lipinski definition) is 0. The van der Waals surface area contributed by atoms with Gasteiger partial charge in [0.1, 0.15) is 23.8 Å². The van der Waals surface area contributed by atoms with Gasteiger partial charge in [0, 0.05) is 16.7 Å². The molecular weight excluding hydrogens is 500 g/mol. The molecule has 0 atom stereocenters. The number of rotatable bonds is 11. The van der Waals surface area contributed by atoms with Crippen LogP contribution in [0.15, 0.2) is 72.8 Å². The summed E-state index contributed by atoms with van der Waals surface area (Å²) in [5, 5.41) is 4.45. The molecule has 0 fully saturated rings. The molecule has 3 aromatic carbocycles. The summed E-state index contributed by atoms with van der Waals surface area (Å²) in [7, 11) is 4.62. The van der Waals surface area contributed by atoms with E-state index >= 15 is 0 Å². The largest absolute Gasteiger partial charge is 0.497 e. The van der Waals surface area contributed by atoms with Gasteiger partial charge in [0.2, 0.25) is 0 Å². The molecule has 0 bridgehead atoms. The number of carbonyl (C=O) groups is 3. The maximum atomic E-state index is 13.9. The minimum atomic E-state index is -0.764. The fourth-order valence-corrected chi connectivity index (χ4v) is 4.07. The molecule has 0 unspecified atom stereocenters. The third kappa shape index (κ3) is 5.82. The van der Waals surface area contributed by atoms with Crippen LogP contribution in [0.5, 0.6) is 17.2 Å². The van der Waals surface area contributed by atoms with Gasteiger partial charge in [-0.3, -0.25) is 14.3 Å². The van der Waals surface area contributed by atoms with Crippen LogP contribution >= 0.6 is 0 Å². The maximum absolute atomic E-state index is 13.9. The Kier molecular flexibility index (Phi) is 8.40. The Morgan fingerprint density at radius 1 is 0.718 bits per heavy atom. The molecule has 4 aromatic rings. The third-order valence-corrected chi connectivity index (χ3v) is 6.07. The van der Waals surface area contributed by atoms with Gasteiger partial charge in [-0.05, 0) is 79.7 Å². The number of methoxy groups -OCH3 is 3. The third-order valence-electron chi connectivity index (χ3n) is 6.07. The zero-order chi connectivity index (χ0) is 27.9. The Morgan fingerprint density at radius 2 is 1.21 bits per heavy atom. The van der Waals surface area contributed by atoms with Crippen LogP contribution in [0.4, 0.5) is 0 Å². The van der Waals surface area contributed by atoms with Crippen LogP contribution in [-0.4, -0.2) is 55.3 Å². The summed E-state index contributed by atoms with van der Waals surface area (Å²) in [6.07, 6.45) is 0. The van der Waals surface area contributed by atoms with Crippen LogP contribution in [0.3, 0.4) is 0 Å². The molecular formula is C30H28N2O7. The number of Topliss-reactive ketones (excluding diaryl/α,β-unsaturated/α-hetero) is 1. The van der Waals surface area contributed by atoms with E-state index in [9.17, 15) is 14.4 Å². The van der Waals surface area contributed by atoms with Gasteiger partial charge in [0.15, 0.2) is 17.3 Å². The zero-order valence-corrected chi connectivity index (χ0v) is 22.1. The Labute approximate surface area is 225 Å². The summed E-state index contributed by atoms with van der Waals surface area (Å²) < 4.78 is 22.3. The van der Waals surface area contributed by atoms with E-state index in [1.165, 1.54) is 11.8 Å². The first-order valence-corrected chi connectivity index (χ1v) is 12.2. The molecule has 0 N–H and O–H groups in total. The normalized spacial score (nSPS) is 10.6. The summed E-state index contributed by atoms with van der Waals surface area (Å²) in [6.45, 7) is 1.53. The molecule has 1 aromatic heterocycles. The predicted molar refractivity (Wildman–Crippen MR) is 144 cm³/mol. The fourth-order valence-electron chi connectivity index (χ4n) is 4.07. The number of carbonyl (C=O) groups excluding carboxylic acids is 3. The van der Waals surface area contributed by atoms with Crippen molar-refractivity contribution in [3.63, 3.8) is 0 Å². The zero-order valence-electron chi connectivity index (χ0n) is 22.1. The maximum Gasteiger partial charge on any atom is 0.359 e. The quantitative estimate of drug-likeness (QED) is 0.201. The SMILES string of the molecule is CCOC(=O)c1nn(CC(=O)c2ccc(OC)cc2)c(-c2ccc(OC)cc2)c1C(=O)c1ccc(OC)cc1. The lowest BCUT2D eigenvalue weighted by Crippen LogP contribution is -2.14. The van der Waals surface area contributed by atoms with Crippen LogP contribution in [-0.2, 0) is 11.3 Å². The number of nitrogens with zero attached hydrogens (tertiary/aromatic N) is 2. The molecule has 0 radical (unpaired) electrons. The summed E-state index contributed by atoms with van der Waals surface area (Å²) in [5.41, 5.74) is 1.48. The molecule has 0 saturated heterocycles. The van der Waals surface area contributed by atoms with Crippen LogP contribution in [0, 0.1) is 0 Å². The van der Waals surface area contributed by atoms with Gasteiger partial charge in [-0.2, -0.15) is 5.10 Å². The molecule has 0 saturated carbocycles. The van der Waals surface area contributed by atoms with Crippen LogP contribution < -0.4 is 14.2 Å². The minimum absolute atomic E-state index is 0.0336. The van der Waals surface area contributed by atoms with Crippen molar-refractivity contribution >= 4 is 17.5 Å². The van der Waals surface area contributed by atoms with Crippen molar-refractivity contribution in [2.24, 2.45) is 0 Å². The molecule has 9 heteroatoms. The standard InChI is InChI=1S/C30H28N2O7/c1-5-39-30(35)27-26(29(34)21-10-16-24(38-4)17-11-21)28(20-8-14-23(37-3)15-9-20)32(31-27)18-25(33)19-6-12-22(36-2)13-7-19/h6-17H,5,18H2,1-4H3. The van der Waals surface area contributed by atoms with E-state index in [2.05, 4.69) is 5.10 Å². The molecule has 0 amide bonds. The number of hydrogen-bond acceptors (Lipinski definition) is 8. The van der Waals surface area contributed by atoms with Gasteiger partial charge in [0.05, 0.1) is 39.2 Å². The number of esters is 1. The molecule has 0 aliphatic heterocycles. The van der Waals surface area contributed by atoms with Gasteiger partial charge in [-0.25, -0.2) is 4.79 Å².